The smallest absolute Gasteiger partial charge is 0.302 e. The highest BCUT2D eigenvalue weighted by Crippen LogP contribution is 2.26. The number of thioether (sulfide) groups is 1. The molecule has 9 nitrogen and oxygen atoms in total. The summed E-state index contributed by atoms with van der Waals surface area (Å²) < 4.78 is 34.8. The summed E-state index contributed by atoms with van der Waals surface area (Å²) in [6.07, 6.45) is 1.61. The van der Waals surface area contributed by atoms with Crippen LogP contribution in [0.2, 0.25) is 0 Å². The van der Waals surface area contributed by atoms with Crippen LogP contribution in [0.1, 0.15) is 5.56 Å². The quantitative estimate of drug-likeness (QED) is 0.419. The summed E-state index contributed by atoms with van der Waals surface area (Å²) in [5.74, 6) is 1.83. The first-order chi connectivity index (χ1) is 16.4. The summed E-state index contributed by atoms with van der Waals surface area (Å²) in [6, 6.07) is 17.6. The lowest BCUT2D eigenvalue weighted by Gasteiger charge is -2.23. The third-order valence-electron chi connectivity index (χ3n) is 5.41. The Morgan fingerprint density at radius 1 is 1.12 bits per heavy atom. The molecule has 2 aromatic carbocycles. The van der Waals surface area contributed by atoms with Gasteiger partial charge in [-0.15, -0.1) is 0 Å². The van der Waals surface area contributed by atoms with Crippen LogP contribution in [0.5, 0.6) is 0 Å². The number of amides is 1. The maximum atomic E-state index is 12.4. The van der Waals surface area contributed by atoms with Gasteiger partial charge in [0.2, 0.25) is 10.0 Å². The number of rotatable bonds is 7. The predicted molar refractivity (Wildman–Crippen MR) is 131 cm³/mol. The molecule has 174 valence electrons. The number of hydrogen-bond acceptors (Lipinski definition) is 7. The fourth-order valence-corrected chi connectivity index (χ4v) is 5.48. The topological polar surface area (TPSA) is 110 Å². The fraction of sp³-hybridized carbons (Fsp3) is 0.174. The summed E-state index contributed by atoms with van der Waals surface area (Å²) >= 11 is 1.13. The summed E-state index contributed by atoms with van der Waals surface area (Å²) in [5.41, 5.74) is 3.31. The van der Waals surface area contributed by atoms with Gasteiger partial charge in [-0.25, -0.2) is 23.1 Å². The monoisotopic (exact) mass is 495 g/mol. The average Bonchev–Trinajstić information content (AvgIpc) is 3.49. The number of aromatic nitrogens is 2. The Hall–Kier alpha value is -3.41. The van der Waals surface area contributed by atoms with E-state index < -0.39 is 10.0 Å². The number of nitrogens with zero attached hydrogens (tertiary/aromatic N) is 4. The van der Waals surface area contributed by atoms with Gasteiger partial charge in [-0.1, -0.05) is 36.0 Å². The number of carbonyl (C=O) groups is 1. The summed E-state index contributed by atoms with van der Waals surface area (Å²) in [7, 11) is -1.72. The van der Waals surface area contributed by atoms with E-state index in [-0.39, 0.29) is 23.2 Å². The van der Waals surface area contributed by atoms with Gasteiger partial charge >= 0.3 is 5.24 Å². The van der Waals surface area contributed by atoms with E-state index >= 15 is 0 Å². The first kappa shape index (κ1) is 22.4. The van der Waals surface area contributed by atoms with Crippen molar-refractivity contribution < 1.29 is 17.6 Å². The third-order valence-corrected chi connectivity index (χ3v) is 7.76. The van der Waals surface area contributed by atoms with Gasteiger partial charge in [0.25, 0.3) is 0 Å². The van der Waals surface area contributed by atoms with Gasteiger partial charge in [0, 0.05) is 24.9 Å². The minimum atomic E-state index is -3.65. The molecule has 0 spiro atoms. The summed E-state index contributed by atoms with van der Waals surface area (Å²) in [4.78, 5) is 17.2. The zero-order valence-corrected chi connectivity index (χ0v) is 19.8. The zero-order valence-electron chi connectivity index (χ0n) is 18.2. The van der Waals surface area contributed by atoms with Gasteiger partial charge in [0.05, 0.1) is 34.4 Å². The minimum Gasteiger partial charge on any atom is -0.461 e. The Morgan fingerprint density at radius 3 is 2.71 bits per heavy atom. The Balaban J connectivity index is 1.34. The molecule has 2 aromatic heterocycles. The van der Waals surface area contributed by atoms with Crippen molar-refractivity contribution in [2.45, 2.75) is 4.90 Å². The first-order valence-electron chi connectivity index (χ1n) is 10.5. The lowest BCUT2D eigenvalue weighted by atomic mass is 10.1. The van der Waals surface area contributed by atoms with Crippen molar-refractivity contribution in [1.29, 1.82) is 0 Å². The molecule has 4 aromatic rings. The summed E-state index contributed by atoms with van der Waals surface area (Å²) in [5, 5.41) is 5.58. The maximum absolute atomic E-state index is 12.4. The van der Waals surface area contributed by atoms with Crippen molar-refractivity contribution in [2.75, 3.05) is 18.8 Å². The summed E-state index contributed by atoms with van der Waals surface area (Å²) in [6.45, 7) is 0.169. The molecule has 0 atom stereocenters. The molecule has 0 unspecified atom stereocenters. The van der Waals surface area contributed by atoms with Crippen LogP contribution in [0.15, 0.2) is 81.3 Å². The van der Waals surface area contributed by atoms with Crippen LogP contribution in [-0.4, -0.2) is 52.8 Å². The molecule has 1 amide bonds. The average molecular weight is 496 g/mol. The molecule has 1 aliphatic heterocycles. The highest BCUT2D eigenvalue weighted by molar-refractivity contribution is 8.14. The van der Waals surface area contributed by atoms with Crippen molar-refractivity contribution >= 4 is 43.8 Å². The van der Waals surface area contributed by atoms with E-state index in [4.69, 9.17) is 9.40 Å². The highest BCUT2D eigenvalue weighted by atomic mass is 32.2. The molecule has 0 radical (unpaired) electrons. The Bertz CT molecular complexity index is 1480. The van der Waals surface area contributed by atoms with E-state index in [9.17, 15) is 13.2 Å². The Morgan fingerprint density at radius 2 is 1.94 bits per heavy atom. The standard InChI is InChI=1S/C23H21N5O4S2/c1-27-20-10-9-16(14-18(20)25-22(27)21-8-5-13-32-21)19-15-33-23(29)28(26-19)12-11-24-34(30,31)17-6-3-2-4-7-17/h2-10,13-14,24H,11-12,15H2,1H3. The molecular formula is C23H21N5O4S2. The highest BCUT2D eigenvalue weighted by Gasteiger charge is 2.23. The van der Waals surface area contributed by atoms with Gasteiger partial charge in [-0.3, -0.25) is 4.79 Å². The van der Waals surface area contributed by atoms with E-state index in [1.807, 2.05) is 41.9 Å². The molecule has 0 saturated heterocycles. The first-order valence-corrected chi connectivity index (χ1v) is 13.0. The van der Waals surface area contributed by atoms with Gasteiger partial charge < -0.3 is 8.98 Å². The normalized spacial score (nSPS) is 14.6. The lowest BCUT2D eigenvalue weighted by molar-refractivity contribution is 0.225. The molecule has 1 N–H and O–H groups in total. The molecule has 0 aliphatic carbocycles. The molecule has 0 bridgehead atoms. The molecule has 34 heavy (non-hydrogen) atoms. The second-order valence-corrected chi connectivity index (χ2v) is 10.3. The molecule has 11 heteroatoms. The van der Waals surface area contributed by atoms with Gasteiger partial charge in [0.15, 0.2) is 11.6 Å². The Labute approximate surface area is 200 Å². The van der Waals surface area contributed by atoms with Gasteiger partial charge in [-0.05, 0) is 36.4 Å². The van der Waals surface area contributed by atoms with Crippen molar-refractivity contribution in [3.63, 3.8) is 0 Å². The molecular weight excluding hydrogens is 474 g/mol. The number of nitrogens with one attached hydrogen (secondary N) is 1. The third kappa shape index (κ3) is 4.37. The number of benzene rings is 2. The van der Waals surface area contributed by atoms with E-state index in [0.29, 0.717) is 11.5 Å². The predicted octanol–water partition coefficient (Wildman–Crippen LogP) is 3.68. The molecule has 1 aliphatic rings. The molecule has 5 rings (SSSR count). The van der Waals surface area contributed by atoms with E-state index in [0.717, 1.165) is 39.9 Å². The second-order valence-electron chi connectivity index (χ2n) is 7.61. The SMILES string of the molecule is Cn1c(-c2ccco2)nc2cc(C3=NN(CCNS(=O)(=O)c4ccccc4)C(=O)SC3)ccc21. The number of imidazole rings is 1. The van der Waals surface area contributed by atoms with Crippen molar-refractivity contribution in [2.24, 2.45) is 12.1 Å². The van der Waals surface area contributed by atoms with E-state index in [1.54, 1.807) is 24.5 Å². The van der Waals surface area contributed by atoms with Crippen LogP contribution in [0.3, 0.4) is 0 Å². The number of fused-ring (bicyclic) bond motifs is 1. The lowest BCUT2D eigenvalue weighted by Crippen LogP contribution is -2.37. The van der Waals surface area contributed by atoms with Crippen molar-refractivity contribution in [1.82, 2.24) is 19.3 Å². The van der Waals surface area contributed by atoms with Gasteiger partial charge in [0.1, 0.15) is 0 Å². The number of hydrazone groups is 1. The number of carbonyl (C=O) groups excluding carboxylic acids is 1. The number of hydrogen-bond donors (Lipinski definition) is 1. The zero-order chi connectivity index (χ0) is 23.7. The van der Waals surface area contributed by atoms with E-state index in [1.165, 1.54) is 17.1 Å². The number of sulfonamides is 1. The van der Waals surface area contributed by atoms with Crippen LogP contribution in [0.4, 0.5) is 4.79 Å². The van der Waals surface area contributed by atoms with Crippen LogP contribution in [0.25, 0.3) is 22.6 Å². The number of furan rings is 1. The van der Waals surface area contributed by atoms with Crippen LogP contribution < -0.4 is 4.72 Å². The minimum absolute atomic E-state index is 0.0477. The van der Waals surface area contributed by atoms with Crippen molar-refractivity contribution in [3.8, 4) is 11.6 Å². The molecule has 3 heterocycles. The fourth-order valence-electron chi connectivity index (χ4n) is 3.68. The van der Waals surface area contributed by atoms with Crippen molar-refractivity contribution in [3.05, 3.63) is 72.5 Å². The second kappa shape index (κ2) is 9.09. The Kier molecular flexibility index (Phi) is 5.98. The van der Waals surface area contributed by atoms with Crippen LogP contribution >= 0.6 is 11.8 Å². The van der Waals surface area contributed by atoms with E-state index in [2.05, 4.69) is 9.82 Å². The van der Waals surface area contributed by atoms with Gasteiger partial charge in [-0.2, -0.15) is 5.10 Å². The van der Waals surface area contributed by atoms with Crippen LogP contribution in [0, 0.1) is 0 Å². The molecule has 0 fully saturated rings. The van der Waals surface area contributed by atoms with Crippen LogP contribution in [-0.2, 0) is 17.1 Å². The number of aryl methyl sites for hydroxylation is 1. The maximum Gasteiger partial charge on any atom is 0.302 e. The molecule has 0 saturated carbocycles. The largest absolute Gasteiger partial charge is 0.461 e.